The van der Waals surface area contributed by atoms with Crippen molar-refractivity contribution >= 4 is 17.8 Å². The lowest BCUT2D eigenvalue weighted by atomic mass is 10.3. The van der Waals surface area contributed by atoms with E-state index in [4.69, 9.17) is 19.1 Å². The Hall–Kier alpha value is -3.83. The van der Waals surface area contributed by atoms with Crippen LogP contribution in [0.2, 0.25) is 0 Å². The molecule has 3 aromatic rings. The zero-order valence-corrected chi connectivity index (χ0v) is 19.5. The fraction of sp³-hybridized carbons (Fsp3) is 0.318. The molecule has 2 amide bonds. The highest BCUT2D eigenvalue weighted by atomic mass is 16.5. The first-order valence-corrected chi connectivity index (χ1v) is 9.89. The molecule has 0 spiro atoms. The van der Waals surface area contributed by atoms with E-state index in [1.54, 1.807) is 32.0 Å². The second-order valence-corrected chi connectivity index (χ2v) is 7.02. The Labute approximate surface area is 191 Å². The minimum absolute atomic E-state index is 0.208. The molecule has 0 fully saturated rings. The maximum atomic E-state index is 11.4. The summed E-state index contributed by atoms with van der Waals surface area (Å²) in [5.41, 5.74) is 9.73. The Bertz CT molecular complexity index is 981. The van der Waals surface area contributed by atoms with Crippen LogP contribution < -0.4 is 22.1 Å². The molecule has 0 aromatic carbocycles. The number of nitrogens with one attached hydrogen (secondary N) is 3. The van der Waals surface area contributed by atoms with Gasteiger partial charge in [0.25, 0.3) is 0 Å². The van der Waals surface area contributed by atoms with Crippen LogP contribution >= 0.6 is 0 Å². The Kier molecular flexibility index (Phi) is 11.2. The van der Waals surface area contributed by atoms with E-state index in [9.17, 15) is 14.4 Å². The van der Waals surface area contributed by atoms with E-state index >= 15 is 0 Å². The van der Waals surface area contributed by atoms with Crippen molar-refractivity contribution in [3.63, 3.8) is 0 Å². The fourth-order valence-electron chi connectivity index (χ4n) is 2.22. The second-order valence-electron chi connectivity index (χ2n) is 7.02. The summed E-state index contributed by atoms with van der Waals surface area (Å²) in [5.74, 6) is 4.71. The molecule has 0 saturated carbocycles. The number of hydrogen-bond donors (Lipinski definition) is 4. The van der Waals surface area contributed by atoms with Gasteiger partial charge in [0.2, 0.25) is 5.76 Å². The van der Waals surface area contributed by atoms with Gasteiger partial charge in [-0.25, -0.2) is 16.1 Å². The number of aryl methyl sites for hydroxylation is 3. The van der Waals surface area contributed by atoms with Crippen molar-refractivity contribution in [2.75, 3.05) is 7.11 Å². The first-order chi connectivity index (χ1) is 15.6. The molecule has 3 rings (SSSR count). The van der Waals surface area contributed by atoms with Gasteiger partial charge in [0.1, 0.15) is 0 Å². The second kappa shape index (κ2) is 13.6. The van der Waals surface area contributed by atoms with Crippen molar-refractivity contribution in [1.82, 2.24) is 16.3 Å². The van der Waals surface area contributed by atoms with Crippen LogP contribution in [0.15, 0.2) is 50.2 Å². The number of carbonyl (C=O) groups excluding carboxylic acids is 3. The maximum absolute atomic E-state index is 11.4. The van der Waals surface area contributed by atoms with Crippen LogP contribution in [0, 0.1) is 20.8 Å². The molecule has 0 aliphatic heterocycles. The molecule has 11 nitrogen and oxygen atoms in total. The highest BCUT2D eigenvalue weighted by Crippen LogP contribution is 2.09. The van der Waals surface area contributed by atoms with Crippen LogP contribution in [-0.4, -0.2) is 30.9 Å². The van der Waals surface area contributed by atoms with Gasteiger partial charge in [0.05, 0.1) is 25.9 Å². The monoisotopic (exact) mass is 462 g/mol. The number of methoxy groups -OCH3 is 1. The number of ether oxygens (including phenoxy) is 1. The molecule has 0 atom stereocenters. The number of amides is 2. The highest BCUT2D eigenvalue weighted by molar-refractivity contribution is 5.92. The number of esters is 1. The molecule has 3 heterocycles. The summed E-state index contributed by atoms with van der Waals surface area (Å²) in [4.78, 5) is 32.9. The molecule has 33 heavy (non-hydrogen) atoms. The predicted octanol–water partition coefficient (Wildman–Crippen LogP) is 2.80. The molecule has 0 bridgehead atoms. The van der Waals surface area contributed by atoms with Crippen LogP contribution in [0.3, 0.4) is 0 Å². The predicted molar refractivity (Wildman–Crippen MR) is 119 cm³/mol. The maximum Gasteiger partial charge on any atom is 0.374 e. The number of rotatable bonds is 5. The molecule has 3 aromatic heterocycles. The molecule has 0 aliphatic carbocycles. The van der Waals surface area contributed by atoms with Crippen molar-refractivity contribution in [2.24, 2.45) is 5.84 Å². The van der Waals surface area contributed by atoms with Gasteiger partial charge in [-0.2, -0.15) is 0 Å². The largest absolute Gasteiger partial charge is 0.463 e. The summed E-state index contributed by atoms with van der Waals surface area (Å²) in [7, 11) is 1.32. The Morgan fingerprint density at radius 3 is 1.58 bits per heavy atom. The summed E-state index contributed by atoms with van der Waals surface area (Å²) in [5, 5.41) is 0. The van der Waals surface area contributed by atoms with Gasteiger partial charge in [-0.05, 0) is 52.8 Å². The lowest BCUT2D eigenvalue weighted by Crippen LogP contribution is -2.41. The molecule has 0 aliphatic rings. The normalized spacial score (nSPS) is 9.82. The first kappa shape index (κ1) is 27.2. The topological polar surface area (TPSA) is 162 Å². The van der Waals surface area contributed by atoms with Gasteiger partial charge in [-0.15, -0.1) is 0 Å². The van der Waals surface area contributed by atoms with E-state index in [-0.39, 0.29) is 23.5 Å². The lowest BCUT2D eigenvalue weighted by Gasteiger charge is -2.08. The molecule has 0 unspecified atom stereocenters. The molecular weight excluding hydrogens is 432 g/mol. The Morgan fingerprint density at radius 1 is 0.818 bits per heavy atom. The average molecular weight is 463 g/mol. The summed E-state index contributed by atoms with van der Waals surface area (Å²) in [6.45, 7) is 9.27. The van der Waals surface area contributed by atoms with Crippen LogP contribution in [0.25, 0.3) is 0 Å². The summed E-state index contributed by atoms with van der Waals surface area (Å²) in [6, 6.07) is 5.38. The minimum Gasteiger partial charge on any atom is -0.463 e. The SMILES string of the molecule is COC(=O)c1occc1C.Cc1ccoc1C(=O)NN.Cc1ccoc1C(=O)NNC(C)C. The smallest absolute Gasteiger partial charge is 0.374 e. The number of nitrogen functional groups attached to an aromatic ring is 1. The Balaban J connectivity index is 0.000000251. The van der Waals surface area contributed by atoms with E-state index in [1.807, 2.05) is 26.2 Å². The van der Waals surface area contributed by atoms with Gasteiger partial charge in [-0.3, -0.25) is 20.4 Å². The number of nitrogens with two attached hydrogens (primary N) is 1. The number of hydrazine groups is 2. The molecule has 11 heteroatoms. The fourth-order valence-corrected chi connectivity index (χ4v) is 2.22. The van der Waals surface area contributed by atoms with E-state index in [0.29, 0.717) is 5.76 Å². The van der Waals surface area contributed by atoms with Gasteiger partial charge in [-0.1, -0.05) is 0 Å². The van der Waals surface area contributed by atoms with Gasteiger partial charge in [0, 0.05) is 22.7 Å². The van der Waals surface area contributed by atoms with Crippen LogP contribution in [-0.2, 0) is 4.74 Å². The molecule has 5 N–H and O–H groups in total. The van der Waals surface area contributed by atoms with Crippen molar-refractivity contribution in [3.05, 3.63) is 71.0 Å². The van der Waals surface area contributed by atoms with Gasteiger partial charge < -0.3 is 18.0 Å². The van der Waals surface area contributed by atoms with Gasteiger partial charge in [0.15, 0.2) is 11.5 Å². The zero-order chi connectivity index (χ0) is 25.0. The van der Waals surface area contributed by atoms with Crippen molar-refractivity contribution in [3.8, 4) is 0 Å². The van der Waals surface area contributed by atoms with E-state index < -0.39 is 11.9 Å². The Morgan fingerprint density at radius 2 is 1.24 bits per heavy atom. The third kappa shape index (κ3) is 8.67. The number of carbonyl (C=O) groups is 3. The standard InChI is InChI=1S/C9H14N2O2.C7H8O3.C6H8N2O2/c1-6(2)10-11-9(12)8-7(3)4-5-13-8;1-5-3-4-10-6(5)7(8)9-2;1-4-2-3-10-5(4)6(9)8-7/h4-6,10H,1-3H3,(H,11,12);3-4H,1-2H3;2-3H,7H2,1H3,(H,8,9). The molecular formula is C22H30N4O7. The van der Waals surface area contributed by atoms with Gasteiger partial charge >= 0.3 is 17.8 Å². The van der Waals surface area contributed by atoms with E-state index in [1.165, 1.54) is 25.9 Å². The summed E-state index contributed by atoms with van der Waals surface area (Å²) < 4.78 is 19.1. The van der Waals surface area contributed by atoms with Crippen molar-refractivity contribution in [1.29, 1.82) is 0 Å². The number of hydrogen-bond acceptors (Lipinski definition) is 9. The number of furan rings is 3. The summed E-state index contributed by atoms with van der Waals surface area (Å²) in [6.07, 6.45) is 4.40. The molecule has 0 saturated heterocycles. The average Bonchev–Trinajstić information content (AvgIpc) is 3.53. The summed E-state index contributed by atoms with van der Waals surface area (Å²) >= 11 is 0. The lowest BCUT2D eigenvalue weighted by molar-refractivity contribution is 0.0563. The van der Waals surface area contributed by atoms with Crippen LogP contribution in [0.4, 0.5) is 0 Å². The molecule has 180 valence electrons. The van der Waals surface area contributed by atoms with Crippen molar-refractivity contribution in [2.45, 2.75) is 40.7 Å². The van der Waals surface area contributed by atoms with E-state index in [2.05, 4.69) is 15.6 Å². The van der Waals surface area contributed by atoms with Crippen LogP contribution in [0.1, 0.15) is 62.2 Å². The highest BCUT2D eigenvalue weighted by Gasteiger charge is 2.12. The third-order valence-electron chi connectivity index (χ3n) is 3.97. The van der Waals surface area contributed by atoms with Crippen molar-refractivity contribution < 1.29 is 32.4 Å². The third-order valence-corrected chi connectivity index (χ3v) is 3.97. The quantitative estimate of drug-likeness (QED) is 0.193. The first-order valence-electron chi connectivity index (χ1n) is 9.89. The van der Waals surface area contributed by atoms with Crippen LogP contribution in [0.5, 0.6) is 0 Å². The minimum atomic E-state index is -0.428. The molecule has 0 radical (unpaired) electrons. The zero-order valence-electron chi connectivity index (χ0n) is 19.5. The van der Waals surface area contributed by atoms with E-state index in [0.717, 1.165) is 16.7 Å².